The van der Waals surface area contributed by atoms with Gasteiger partial charge in [0.2, 0.25) is 0 Å². The molecule has 0 heterocycles. The van der Waals surface area contributed by atoms with Gasteiger partial charge in [-0.2, -0.15) is 0 Å². The van der Waals surface area contributed by atoms with Crippen LogP contribution in [0.4, 0.5) is 0 Å². The Balaban J connectivity index is 2.50. The molecule has 0 bridgehead atoms. The molecule has 0 aliphatic heterocycles. The molecule has 1 fully saturated rings. The van der Waals surface area contributed by atoms with Crippen LogP contribution in [0.2, 0.25) is 0 Å². The lowest BCUT2D eigenvalue weighted by Gasteiger charge is -2.43. The second kappa shape index (κ2) is 6.64. The van der Waals surface area contributed by atoms with E-state index >= 15 is 0 Å². The second-order valence-electron chi connectivity index (χ2n) is 5.74. The standard InChI is InChI=1S/C15H30O/c1-6-8-9-16-15-10-14(7-2)12(4)11(3)13(15)5/h11-15H,6-10H2,1-5H3/t11-,12-,13?,14?,15-/m0/s1. The molecule has 0 spiro atoms. The summed E-state index contributed by atoms with van der Waals surface area (Å²) in [5.74, 6) is 3.28. The fourth-order valence-corrected chi connectivity index (χ4v) is 3.11. The van der Waals surface area contributed by atoms with Crippen LogP contribution in [-0.4, -0.2) is 12.7 Å². The Morgan fingerprint density at radius 2 is 1.69 bits per heavy atom. The van der Waals surface area contributed by atoms with Gasteiger partial charge in [0, 0.05) is 6.61 Å². The Labute approximate surface area is 102 Å². The number of ether oxygens (including phenoxy) is 1. The van der Waals surface area contributed by atoms with Crippen molar-refractivity contribution in [3.63, 3.8) is 0 Å². The van der Waals surface area contributed by atoms with Crippen molar-refractivity contribution >= 4 is 0 Å². The van der Waals surface area contributed by atoms with Gasteiger partial charge in [-0.05, 0) is 36.5 Å². The van der Waals surface area contributed by atoms with E-state index in [9.17, 15) is 0 Å². The van der Waals surface area contributed by atoms with Gasteiger partial charge >= 0.3 is 0 Å². The van der Waals surface area contributed by atoms with E-state index in [0.29, 0.717) is 6.10 Å². The third kappa shape index (κ3) is 3.23. The van der Waals surface area contributed by atoms with Crippen LogP contribution >= 0.6 is 0 Å². The van der Waals surface area contributed by atoms with E-state index in [4.69, 9.17) is 4.74 Å². The molecule has 0 radical (unpaired) electrons. The molecule has 0 aromatic carbocycles. The van der Waals surface area contributed by atoms with Crippen LogP contribution < -0.4 is 0 Å². The Morgan fingerprint density at radius 1 is 1.00 bits per heavy atom. The van der Waals surface area contributed by atoms with E-state index in [1.165, 1.54) is 25.7 Å². The van der Waals surface area contributed by atoms with Gasteiger partial charge < -0.3 is 4.74 Å². The summed E-state index contributed by atoms with van der Waals surface area (Å²) in [5, 5.41) is 0. The van der Waals surface area contributed by atoms with Gasteiger partial charge in [-0.3, -0.25) is 0 Å². The first-order valence-electron chi connectivity index (χ1n) is 7.23. The SMILES string of the molecule is CCCCO[C@H]1CC(CC)[C@@H](C)[C@H](C)C1C. The van der Waals surface area contributed by atoms with Crippen molar-refractivity contribution in [1.29, 1.82) is 0 Å². The van der Waals surface area contributed by atoms with E-state index < -0.39 is 0 Å². The highest BCUT2D eigenvalue weighted by Crippen LogP contribution is 2.41. The number of rotatable bonds is 5. The van der Waals surface area contributed by atoms with Gasteiger partial charge in [-0.25, -0.2) is 0 Å². The van der Waals surface area contributed by atoms with Crippen molar-refractivity contribution in [2.45, 2.75) is 66.4 Å². The average molecular weight is 226 g/mol. The molecule has 0 aromatic rings. The number of hydrogen-bond acceptors (Lipinski definition) is 1. The van der Waals surface area contributed by atoms with E-state index in [1.54, 1.807) is 0 Å². The minimum Gasteiger partial charge on any atom is -0.378 e. The summed E-state index contributed by atoms with van der Waals surface area (Å²) in [7, 11) is 0. The zero-order valence-electron chi connectivity index (χ0n) is 11.8. The third-order valence-electron chi connectivity index (χ3n) is 4.88. The maximum atomic E-state index is 6.09. The highest BCUT2D eigenvalue weighted by Gasteiger charge is 2.37. The lowest BCUT2D eigenvalue weighted by atomic mass is 9.66. The monoisotopic (exact) mass is 226 g/mol. The molecule has 0 N–H and O–H groups in total. The highest BCUT2D eigenvalue weighted by molar-refractivity contribution is 4.86. The molecule has 1 aliphatic rings. The van der Waals surface area contributed by atoms with Crippen LogP contribution in [0, 0.1) is 23.7 Å². The van der Waals surface area contributed by atoms with Crippen LogP contribution in [0.5, 0.6) is 0 Å². The molecule has 1 aliphatic carbocycles. The lowest BCUT2D eigenvalue weighted by Crippen LogP contribution is -2.40. The Hall–Kier alpha value is -0.0400. The molecular formula is C15H30O. The van der Waals surface area contributed by atoms with Crippen LogP contribution in [0.3, 0.4) is 0 Å². The minimum atomic E-state index is 0.516. The van der Waals surface area contributed by atoms with Crippen LogP contribution in [0.25, 0.3) is 0 Å². The van der Waals surface area contributed by atoms with Crippen LogP contribution in [0.1, 0.15) is 60.3 Å². The van der Waals surface area contributed by atoms with Gasteiger partial charge in [0.25, 0.3) is 0 Å². The maximum absolute atomic E-state index is 6.09. The summed E-state index contributed by atoms with van der Waals surface area (Å²) in [6, 6.07) is 0. The van der Waals surface area contributed by atoms with Crippen LogP contribution in [0.15, 0.2) is 0 Å². The van der Waals surface area contributed by atoms with E-state index in [-0.39, 0.29) is 0 Å². The van der Waals surface area contributed by atoms with Gasteiger partial charge in [0.05, 0.1) is 6.10 Å². The topological polar surface area (TPSA) is 9.23 Å². The normalized spacial score (nSPS) is 39.9. The molecule has 16 heavy (non-hydrogen) atoms. The predicted molar refractivity (Wildman–Crippen MR) is 70.5 cm³/mol. The van der Waals surface area contributed by atoms with E-state index in [1.807, 2.05) is 0 Å². The quantitative estimate of drug-likeness (QED) is 0.627. The molecule has 5 atom stereocenters. The first-order chi connectivity index (χ1) is 7.61. The van der Waals surface area contributed by atoms with Crippen molar-refractivity contribution in [1.82, 2.24) is 0 Å². The van der Waals surface area contributed by atoms with Crippen molar-refractivity contribution in [2.24, 2.45) is 23.7 Å². The lowest BCUT2D eigenvalue weighted by molar-refractivity contribution is -0.0622. The Morgan fingerprint density at radius 3 is 2.25 bits per heavy atom. The molecule has 1 heteroatoms. The average Bonchev–Trinajstić information content (AvgIpc) is 2.29. The molecule has 0 saturated heterocycles. The highest BCUT2D eigenvalue weighted by atomic mass is 16.5. The number of hydrogen-bond donors (Lipinski definition) is 0. The zero-order chi connectivity index (χ0) is 12.1. The molecule has 1 rings (SSSR count). The molecule has 2 unspecified atom stereocenters. The van der Waals surface area contributed by atoms with Gasteiger partial charge in [0.1, 0.15) is 0 Å². The summed E-state index contributed by atoms with van der Waals surface area (Å²) in [4.78, 5) is 0. The molecule has 0 aromatic heterocycles. The fraction of sp³-hybridized carbons (Fsp3) is 1.00. The molecule has 0 amide bonds. The van der Waals surface area contributed by atoms with Crippen molar-refractivity contribution < 1.29 is 4.74 Å². The van der Waals surface area contributed by atoms with Crippen molar-refractivity contribution in [2.75, 3.05) is 6.61 Å². The minimum absolute atomic E-state index is 0.516. The summed E-state index contributed by atoms with van der Waals surface area (Å²) >= 11 is 0. The predicted octanol–water partition coefficient (Wildman–Crippen LogP) is 4.51. The molecular weight excluding hydrogens is 196 g/mol. The van der Waals surface area contributed by atoms with Crippen LogP contribution in [-0.2, 0) is 4.74 Å². The zero-order valence-corrected chi connectivity index (χ0v) is 11.8. The maximum Gasteiger partial charge on any atom is 0.0606 e. The fourth-order valence-electron chi connectivity index (χ4n) is 3.11. The molecule has 96 valence electrons. The van der Waals surface area contributed by atoms with Gasteiger partial charge in [-0.15, -0.1) is 0 Å². The first kappa shape index (κ1) is 14.0. The second-order valence-corrected chi connectivity index (χ2v) is 5.74. The van der Waals surface area contributed by atoms with E-state index in [0.717, 1.165) is 30.3 Å². The van der Waals surface area contributed by atoms with Gasteiger partial charge in [-0.1, -0.05) is 47.5 Å². The third-order valence-corrected chi connectivity index (χ3v) is 4.88. The Kier molecular flexibility index (Phi) is 5.82. The molecule has 1 nitrogen and oxygen atoms in total. The summed E-state index contributed by atoms with van der Waals surface area (Å²) in [6.45, 7) is 12.7. The Bertz CT molecular complexity index is 188. The smallest absolute Gasteiger partial charge is 0.0606 e. The number of unbranched alkanes of at least 4 members (excludes halogenated alkanes) is 1. The first-order valence-corrected chi connectivity index (χ1v) is 7.23. The van der Waals surface area contributed by atoms with Crippen molar-refractivity contribution in [3.05, 3.63) is 0 Å². The summed E-state index contributed by atoms with van der Waals surface area (Å²) in [5.41, 5.74) is 0. The van der Waals surface area contributed by atoms with Crippen molar-refractivity contribution in [3.8, 4) is 0 Å². The summed E-state index contributed by atoms with van der Waals surface area (Å²) < 4.78 is 6.09. The summed E-state index contributed by atoms with van der Waals surface area (Å²) in [6.07, 6.45) is 5.56. The largest absolute Gasteiger partial charge is 0.378 e. The van der Waals surface area contributed by atoms with Gasteiger partial charge in [0.15, 0.2) is 0 Å². The molecule has 1 saturated carbocycles. The van der Waals surface area contributed by atoms with E-state index in [2.05, 4.69) is 34.6 Å².